The fraction of sp³-hybridized carbons (Fsp3) is 0.333. The second kappa shape index (κ2) is 12.7. The van der Waals surface area contributed by atoms with E-state index in [2.05, 4.69) is 43.2 Å². The van der Waals surface area contributed by atoms with Gasteiger partial charge in [0.05, 0.1) is 5.69 Å². The van der Waals surface area contributed by atoms with Crippen LogP contribution in [-0.4, -0.2) is 57.8 Å². The zero-order valence-corrected chi connectivity index (χ0v) is 27.1. The summed E-state index contributed by atoms with van der Waals surface area (Å²) >= 11 is 0. The van der Waals surface area contributed by atoms with Gasteiger partial charge in [-0.25, -0.2) is 4.98 Å². The van der Waals surface area contributed by atoms with Crippen molar-refractivity contribution in [2.75, 3.05) is 37.3 Å². The van der Waals surface area contributed by atoms with Crippen molar-refractivity contribution in [3.8, 4) is 11.3 Å². The minimum Gasteiger partial charge on any atom is -0.343 e. The van der Waals surface area contributed by atoms with Crippen LogP contribution in [-0.2, 0) is 17.3 Å². The second-order valence-corrected chi connectivity index (χ2v) is 12.7. The Morgan fingerprint density at radius 1 is 0.956 bits per heavy atom. The number of aromatic nitrogens is 2. The van der Waals surface area contributed by atoms with Crippen LogP contribution < -0.4 is 16.2 Å². The lowest BCUT2D eigenvalue weighted by molar-refractivity contribution is -0.140. The number of hydrogen-bond donors (Lipinski definition) is 2. The number of likely N-dealkylation sites (N-methyl/N-ethyl adjacent to an activating group) is 2. The first kappa shape index (κ1) is 31.7. The fourth-order valence-electron chi connectivity index (χ4n) is 5.64. The molecule has 1 unspecified atom stereocenters. The highest BCUT2D eigenvalue weighted by atomic mass is 16.2. The minimum absolute atomic E-state index is 0.00312. The van der Waals surface area contributed by atoms with Crippen molar-refractivity contribution in [1.29, 1.82) is 0 Å². The molecule has 1 aliphatic heterocycles. The molecule has 2 N–H and O–H groups in total. The highest BCUT2D eigenvalue weighted by Gasteiger charge is 2.33. The van der Waals surface area contributed by atoms with Gasteiger partial charge in [-0.3, -0.25) is 19.3 Å². The molecule has 2 heterocycles. The van der Waals surface area contributed by atoms with E-state index in [0.29, 0.717) is 29.2 Å². The molecule has 0 bridgehead atoms. The summed E-state index contributed by atoms with van der Waals surface area (Å²) in [5.74, 6) is 0.0667. The summed E-state index contributed by atoms with van der Waals surface area (Å²) in [7, 11) is 3.53. The maximum atomic E-state index is 13.1. The lowest BCUT2D eigenvalue weighted by Gasteiger charge is -2.38. The highest BCUT2D eigenvalue weighted by Crippen LogP contribution is 2.30. The van der Waals surface area contributed by atoms with Crippen LogP contribution in [0.25, 0.3) is 11.3 Å². The van der Waals surface area contributed by atoms with Gasteiger partial charge >= 0.3 is 0 Å². The monoisotopic (exact) mass is 606 g/mol. The van der Waals surface area contributed by atoms with Crippen molar-refractivity contribution in [2.45, 2.75) is 46.1 Å². The second-order valence-electron chi connectivity index (χ2n) is 12.7. The first-order chi connectivity index (χ1) is 21.4. The van der Waals surface area contributed by atoms with Gasteiger partial charge in [0, 0.05) is 55.9 Å². The van der Waals surface area contributed by atoms with Gasteiger partial charge in [0.15, 0.2) is 5.82 Å². The number of carbonyl (C=O) groups excluding carboxylic acids is 2. The average molecular weight is 607 g/mol. The number of hydrogen-bond acceptors (Lipinski definition) is 6. The van der Waals surface area contributed by atoms with Gasteiger partial charge in [-0.15, -0.1) is 0 Å². The van der Waals surface area contributed by atoms with Crippen LogP contribution in [0, 0.1) is 6.92 Å². The van der Waals surface area contributed by atoms with Crippen LogP contribution >= 0.6 is 0 Å². The highest BCUT2D eigenvalue weighted by molar-refractivity contribution is 6.05. The van der Waals surface area contributed by atoms with E-state index >= 15 is 0 Å². The van der Waals surface area contributed by atoms with E-state index in [1.165, 1.54) is 4.57 Å². The van der Waals surface area contributed by atoms with Gasteiger partial charge in [0.1, 0.15) is 6.04 Å². The molecule has 4 aromatic rings. The van der Waals surface area contributed by atoms with Gasteiger partial charge in [0.2, 0.25) is 5.91 Å². The number of piperazine rings is 1. The van der Waals surface area contributed by atoms with Crippen molar-refractivity contribution in [2.24, 2.45) is 7.05 Å². The number of anilines is 3. The molecule has 1 saturated heterocycles. The van der Waals surface area contributed by atoms with Gasteiger partial charge in [0.25, 0.3) is 11.5 Å². The molecule has 5 rings (SSSR count). The molecule has 1 aromatic heterocycles. The Balaban J connectivity index is 1.38. The topological polar surface area (TPSA) is 99.6 Å². The van der Waals surface area contributed by atoms with Crippen LogP contribution in [0.5, 0.6) is 0 Å². The summed E-state index contributed by atoms with van der Waals surface area (Å²) in [5.41, 5.74) is 5.96. The summed E-state index contributed by atoms with van der Waals surface area (Å²) in [5, 5.41) is 6.22. The zero-order chi connectivity index (χ0) is 32.5. The Kier molecular flexibility index (Phi) is 8.93. The zero-order valence-electron chi connectivity index (χ0n) is 27.1. The number of carbonyl (C=O) groups is 2. The van der Waals surface area contributed by atoms with Gasteiger partial charge in [-0.2, -0.15) is 0 Å². The molecule has 1 aliphatic rings. The third-order valence-electron chi connectivity index (χ3n) is 8.54. The lowest BCUT2D eigenvalue weighted by Crippen LogP contribution is -2.50. The molecule has 9 nitrogen and oxygen atoms in total. The molecule has 2 amide bonds. The fourth-order valence-corrected chi connectivity index (χ4v) is 5.64. The third kappa shape index (κ3) is 6.68. The molecule has 0 radical (unpaired) electrons. The molecule has 1 fully saturated rings. The predicted molar refractivity (Wildman–Crippen MR) is 180 cm³/mol. The number of benzene rings is 3. The van der Waals surface area contributed by atoms with Crippen LogP contribution in [0.2, 0.25) is 0 Å². The molecule has 3 aromatic carbocycles. The summed E-state index contributed by atoms with van der Waals surface area (Å²) < 4.78 is 1.50. The summed E-state index contributed by atoms with van der Waals surface area (Å²) in [4.78, 5) is 47.8. The van der Waals surface area contributed by atoms with Gasteiger partial charge in [-0.05, 0) is 65.9 Å². The Bertz CT molecular complexity index is 1770. The summed E-state index contributed by atoms with van der Waals surface area (Å²) in [6, 6.07) is 20.6. The Morgan fingerprint density at radius 3 is 2.29 bits per heavy atom. The minimum atomic E-state index is -0.323. The predicted octanol–water partition coefficient (Wildman–Crippen LogP) is 5.88. The number of aryl methyl sites for hydroxylation is 1. The number of amides is 2. The van der Waals surface area contributed by atoms with Crippen LogP contribution in [0.15, 0.2) is 77.7 Å². The Hall–Kier alpha value is -4.76. The molecule has 45 heavy (non-hydrogen) atoms. The molecular weight excluding hydrogens is 564 g/mol. The molecule has 234 valence electrons. The molecule has 0 spiro atoms. The average Bonchev–Trinajstić information content (AvgIpc) is 3.01. The van der Waals surface area contributed by atoms with Crippen LogP contribution in [0.3, 0.4) is 0 Å². The quantitative estimate of drug-likeness (QED) is 0.273. The van der Waals surface area contributed by atoms with Crippen molar-refractivity contribution < 1.29 is 9.59 Å². The summed E-state index contributed by atoms with van der Waals surface area (Å²) in [6.45, 7) is 12.7. The SMILES string of the molecule is CCN1CCN(C)C(=O)C1c1ccc(Nc2nc(-c3cccc(NC(=O)c4ccc(C(C)(C)C)cc4)c3C)cn(C)c2=O)cc1. The molecule has 1 atom stereocenters. The van der Waals surface area contributed by atoms with E-state index < -0.39 is 0 Å². The normalized spacial score (nSPS) is 15.7. The van der Waals surface area contributed by atoms with E-state index in [-0.39, 0.29) is 34.6 Å². The van der Waals surface area contributed by atoms with Crippen LogP contribution in [0.1, 0.15) is 60.8 Å². The van der Waals surface area contributed by atoms with E-state index in [1.54, 1.807) is 18.1 Å². The number of rotatable bonds is 7. The molecule has 0 aliphatic carbocycles. The Morgan fingerprint density at radius 2 is 1.64 bits per heavy atom. The van der Waals surface area contributed by atoms with E-state index in [4.69, 9.17) is 4.98 Å². The lowest BCUT2D eigenvalue weighted by atomic mass is 9.86. The van der Waals surface area contributed by atoms with Crippen molar-refractivity contribution in [1.82, 2.24) is 19.4 Å². The van der Waals surface area contributed by atoms with Crippen molar-refractivity contribution in [3.63, 3.8) is 0 Å². The molecular formula is C36H42N6O3. The third-order valence-corrected chi connectivity index (χ3v) is 8.54. The maximum Gasteiger partial charge on any atom is 0.293 e. The van der Waals surface area contributed by atoms with Crippen molar-refractivity contribution in [3.05, 3.63) is 106 Å². The van der Waals surface area contributed by atoms with E-state index in [0.717, 1.165) is 35.3 Å². The Labute approximate surface area is 264 Å². The van der Waals surface area contributed by atoms with E-state index in [1.807, 2.05) is 80.7 Å². The smallest absolute Gasteiger partial charge is 0.293 e. The first-order valence-electron chi connectivity index (χ1n) is 15.3. The number of nitrogens with zero attached hydrogens (tertiary/aromatic N) is 4. The molecule has 9 heteroatoms. The van der Waals surface area contributed by atoms with Crippen LogP contribution in [0.4, 0.5) is 17.2 Å². The van der Waals surface area contributed by atoms with E-state index in [9.17, 15) is 14.4 Å². The molecule has 0 saturated carbocycles. The van der Waals surface area contributed by atoms with Crippen molar-refractivity contribution >= 4 is 29.0 Å². The first-order valence-corrected chi connectivity index (χ1v) is 15.3. The van der Waals surface area contributed by atoms with Gasteiger partial charge < -0.3 is 20.1 Å². The maximum absolute atomic E-state index is 13.1. The largest absolute Gasteiger partial charge is 0.343 e. The standard InChI is InChI=1S/C36H42N6O3/c1-8-42-21-20-40(6)34(44)31(42)24-14-18-27(19-15-24)37-32-35(45)41(7)22-30(38-32)28-10-9-11-29(23(28)2)39-33(43)25-12-16-26(17-13-25)36(3,4)5/h9-19,22,31H,8,20-21H2,1-7H3,(H,37,38)(H,39,43). The number of nitrogens with one attached hydrogen (secondary N) is 2. The summed E-state index contributed by atoms with van der Waals surface area (Å²) in [6.07, 6.45) is 1.69. The van der Waals surface area contributed by atoms with Gasteiger partial charge in [-0.1, -0.05) is 64.1 Å².